The van der Waals surface area contributed by atoms with Gasteiger partial charge in [0.15, 0.2) is 4.34 Å². The van der Waals surface area contributed by atoms with Crippen LogP contribution in [0.5, 0.6) is 0 Å². The van der Waals surface area contributed by atoms with E-state index in [0.29, 0.717) is 11.3 Å². The summed E-state index contributed by atoms with van der Waals surface area (Å²) < 4.78 is 2.47. The summed E-state index contributed by atoms with van der Waals surface area (Å²) in [6.45, 7) is 7.87. The number of aromatic nitrogens is 1. The van der Waals surface area contributed by atoms with Gasteiger partial charge in [-0.1, -0.05) is 44.7 Å². The number of thiazole rings is 1. The highest BCUT2D eigenvalue weighted by Gasteiger charge is 2.17. The summed E-state index contributed by atoms with van der Waals surface area (Å²) in [5.74, 6) is 0. The van der Waals surface area contributed by atoms with Crippen molar-refractivity contribution in [2.45, 2.75) is 49.2 Å². The number of nitrogens with zero attached hydrogens (tertiary/aromatic N) is 1. The van der Waals surface area contributed by atoms with E-state index in [2.05, 4.69) is 50.4 Å². The zero-order chi connectivity index (χ0) is 13.7. The number of nitrogens with one attached hydrogen (secondary N) is 1. The summed E-state index contributed by atoms with van der Waals surface area (Å²) in [5, 5.41) is 4.18. The minimum atomic E-state index is 0.553. The molecule has 2 rings (SSSR count). The lowest BCUT2D eigenvalue weighted by Crippen LogP contribution is -2.36. The van der Waals surface area contributed by atoms with Gasteiger partial charge in [-0.15, -0.1) is 11.3 Å². The molecule has 0 bridgehead atoms. The molecule has 2 nitrogen and oxygen atoms in total. The van der Waals surface area contributed by atoms with Crippen LogP contribution in [0.1, 0.15) is 33.6 Å². The van der Waals surface area contributed by atoms with E-state index < -0.39 is 0 Å². The smallest absolute Gasteiger partial charge is 0.151 e. The number of thioether (sulfide) groups is 1. The summed E-state index contributed by atoms with van der Waals surface area (Å²) in [4.78, 5) is 4.70. The SMILES string of the molecule is CCCNC(CC)C(C)Sc1nc2ccccc2s1. The van der Waals surface area contributed by atoms with Crippen LogP contribution in [0.15, 0.2) is 28.6 Å². The largest absolute Gasteiger partial charge is 0.313 e. The molecule has 0 aliphatic carbocycles. The van der Waals surface area contributed by atoms with Crippen molar-refractivity contribution in [1.82, 2.24) is 10.3 Å². The molecule has 0 aliphatic rings. The lowest BCUT2D eigenvalue weighted by atomic mass is 10.1. The molecular formula is C15H22N2S2. The number of hydrogen-bond donors (Lipinski definition) is 1. The molecule has 0 saturated carbocycles. The highest BCUT2D eigenvalue weighted by atomic mass is 32.2. The average Bonchev–Trinajstić information content (AvgIpc) is 2.81. The van der Waals surface area contributed by atoms with Crippen LogP contribution in [0.4, 0.5) is 0 Å². The molecule has 0 aliphatic heterocycles. The maximum absolute atomic E-state index is 4.70. The molecule has 4 heteroatoms. The predicted octanol–water partition coefficient (Wildman–Crippen LogP) is 4.56. The van der Waals surface area contributed by atoms with Crippen molar-refractivity contribution >= 4 is 33.3 Å². The van der Waals surface area contributed by atoms with Gasteiger partial charge in [0, 0.05) is 11.3 Å². The Balaban J connectivity index is 2.02. The van der Waals surface area contributed by atoms with Gasteiger partial charge in [-0.3, -0.25) is 0 Å². The number of fused-ring (bicyclic) bond motifs is 1. The van der Waals surface area contributed by atoms with Gasteiger partial charge in [0.2, 0.25) is 0 Å². The normalized spacial score (nSPS) is 14.7. The Hall–Kier alpha value is -0.580. The van der Waals surface area contributed by atoms with E-state index in [0.717, 1.165) is 12.1 Å². The molecule has 104 valence electrons. The fraction of sp³-hybridized carbons (Fsp3) is 0.533. The fourth-order valence-corrected chi connectivity index (χ4v) is 4.65. The number of rotatable bonds is 7. The van der Waals surface area contributed by atoms with Crippen molar-refractivity contribution in [1.29, 1.82) is 0 Å². The third-order valence-corrected chi connectivity index (χ3v) is 5.59. The summed E-state index contributed by atoms with van der Waals surface area (Å²) in [5.41, 5.74) is 1.12. The number of hydrogen-bond acceptors (Lipinski definition) is 4. The molecule has 2 atom stereocenters. The van der Waals surface area contributed by atoms with Gasteiger partial charge in [0.1, 0.15) is 0 Å². The highest BCUT2D eigenvalue weighted by molar-refractivity contribution is 8.01. The molecule has 0 radical (unpaired) electrons. The minimum Gasteiger partial charge on any atom is -0.313 e. The van der Waals surface area contributed by atoms with Crippen LogP contribution in [-0.2, 0) is 0 Å². The van der Waals surface area contributed by atoms with Gasteiger partial charge in [-0.2, -0.15) is 0 Å². The summed E-state index contributed by atoms with van der Waals surface area (Å²) in [6.07, 6.45) is 2.36. The second-order valence-corrected chi connectivity index (χ2v) is 7.39. The molecule has 1 N–H and O–H groups in total. The standard InChI is InChI=1S/C15H22N2S2/c1-4-10-16-12(5-2)11(3)18-15-17-13-8-6-7-9-14(13)19-15/h6-9,11-12,16H,4-5,10H2,1-3H3. The molecule has 19 heavy (non-hydrogen) atoms. The second kappa shape index (κ2) is 7.27. The van der Waals surface area contributed by atoms with Crippen LogP contribution in [0.3, 0.4) is 0 Å². The average molecular weight is 294 g/mol. The van der Waals surface area contributed by atoms with Crippen LogP contribution < -0.4 is 5.32 Å². The van der Waals surface area contributed by atoms with E-state index in [9.17, 15) is 0 Å². The van der Waals surface area contributed by atoms with E-state index in [4.69, 9.17) is 4.98 Å². The Bertz CT molecular complexity index is 477. The lowest BCUT2D eigenvalue weighted by Gasteiger charge is -2.22. The zero-order valence-corrected chi connectivity index (χ0v) is 13.5. The van der Waals surface area contributed by atoms with Crippen molar-refractivity contribution in [3.05, 3.63) is 24.3 Å². The molecular weight excluding hydrogens is 272 g/mol. The van der Waals surface area contributed by atoms with Crippen LogP contribution in [0, 0.1) is 0 Å². The van der Waals surface area contributed by atoms with Crippen molar-refractivity contribution in [3.63, 3.8) is 0 Å². The molecule has 2 aromatic rings. The number of benzene rings is 1. The molecule has 1 heterocycles. The first-order valence-corrected chi connectivity index (χ1v) is 8.69. The highest BCUT2D eigenvalue weighted by Crippen LogP contribution is 2.33. The monoisotopic (exact) mass is 294 g/mol. The maximum atomic E-state index is 4.70. The van der Waals surface area contributed by atoms with Crippen LogP contribution in [-0.4, -0.2) is 22.8 Å². The molecule has 2 unspecified atom stereocenters. The molecule has 0 saturated heterocycles. The van der Waals surface area contributed by atoms with Gasteiger partial charge in [-0.25, -0.2) is 4.98 Å². The lowest BCUT2D eigenvalue weighted by molar-refractivity contribution is 0.494. The van der Waals surface area contributed by atoms with Crippen molar-refractivity contribution in [2.75, 3.05) is 6.54 Å². The van der Waals surface area contributed by atoms with E-state index in [1.54, 1.807) is 11.3 Å². The quantitative estimate of drug-likeness (QED) is 0.758. The maximum Gasteiger partial charge on any atom is 0.151 e. The summed E-state index contributed by atoms with van der Waals surface area (Å²) in [6, 6.07) is 8.94. The van der Waals surface area contributed by atoms with Gasteiger partial charge in [-0.05, 0) is 31.5 Å². The zero-order valence-electron chi connectivity index (χ0n) is 11.8. The van der Waals surface area contributed by atoms with Gasteiger partial charge in [0.25, 0.3) is 0 Å². The van der Waals surface area contributed by atoms with Crippen molar-refractivity contribution in [3.8, 4) is 0 Å². The Kier molecular flexibility index (Phi) is 5.67. The van der Waals surface area contributed by atoms with Crippen LogP contribution in [0.2, 0.25) is 0 Å². The van der Waals surface area contributed by atoms with E-state index in [-0.39, 0.29) is 0 Å². The Labute approximate surface area is 124 Å². The Morgan fingerprint density at radius 3 is 2.79 bits per heavy atom. The van der Waals surface area contributed by atoms with E-state index in [1.807, 2.05) is 11.8 Å². The molecule has 0 fully saturated rings. The van der Waals surface area contributed by atoms with Crippen LogP contribution in [0.25, 0.3) is 10.2 Å². The van der Waals surface area contributed by atoms with E-state index >= 15 is 0 Å². The topological polar surface area (TPSA) is 24.9 Å². The third-order valence-electron chi connectivity index (χ3n) is 3.22. The predicted molar refractivity (Wildman–Crippen MR) is 87.3 cm³/mol. The first kappa shape index (κ1) is 14.8. The first-order chi connectivity index (χ1) is 9.24. The number of para-hydroxylation sites is 1. The minimum absolute atomic E-state index is 0.553. The molecule has 1 aromatic carbocycles. The van der Waals surface area contributed by atoms with Gasteiger partial charge >= 0.3 is 0 Å². The fourth-order valence-electron chi connectivity index (χ4n) is 2.11. The third kappa shape index (κ3) is 3.94. The Morgan fingerprint density at radius 1 is 1.32 bits per heavy atom. The van der Waals surface area contributed by atoms with Crippen molar-refractivity contribution in [2.24, 2.45) is 0 Å². The first-order valence-electron chi connectivity index (χ1n) is 7.00. The molecule has 0 spiro atoms. The summed E-state index contributed by atoms with van der Waals surface area (Å²) >= 11 is 3.70. The van der Waals surface area contributed by atoms with Crippen LogP contribution >= 0.6 is 23.1 Å². The Morgan fingerprint density at radius 2 is 2.11 bits per heavy atom. The van der Waals surface area contributed by atoms with E-state index in [1.165, 1.54) is 21.9 Å². The van der Waals surface area contributed by atoms with Gasteiger partial charge < -0.3 is 5.32 Å². The molecule has 0 amide bonds. The van der Waals surface area contributed by atoms with Crippen molar-refractivity contribution < 1.29 is 0 Å². The van der Waals surface area contributed by atoms with Gasteiger partial charge in [0.05, 0.1) is 10.2 Å². The summed E-state index contributed by atoms with van der Waals surface area (Å²) in [7, 11) is 0. The second-order valence-electron chi connectivity index (χ2n) is 4.74. The molecule has 1 aromatic heterocycles.